The van der Waals surface area contributed by atoms with Crippen molar-refractivity contribution in [2.75, 3.05) is 37.7 Å². The van der Waals surface area contributed by atoms with Crippen LogP contribution in [0.15, 0.2) is 18.2 Å². The predicted octanol–water partition coefficient (Wildman–Crippen LogP) is 1.19. The minimum absolute atomic E-state index is 0.0829. The Labute approximate surface area is 176 Å². The van der Waals surface area contributed by atoms with Gasteiger partial charge in [0.2, 0.25) is 0 Å². The van der Waals surface area contributed by atoms with Crippen LogP contribution in [0.3, 0.4) is 0 Å². The number of nitrogens with one attached hydrogen (secondary N) is 2. The molecular weight excluding hydrogens is 387 g/mol. The largest absolute Gasteiger partial charge is 0.358 e. The number of anilines is 1. The highest BCUT2D eigenvalue weighted by atomic mass is 19.1. The Morgan fingerprint density at radius 2 is 2.00 bits per heavy atom. The highest BCUT2D eigenvalue weighted by Gasteiger charge is 2.55. The van der Waals surface area contributed by atoms with Crippen molar-refractivity contribution < 1.29 is 23.7 Å². The maximum Gasteiger partial charge on any atom is 0.329 e. The minimum atomic E-state index is -0.724. The molecule has 0 bridgehead atoms. The van der Waals surface area contributed by atoms with Crippen molar-refractivity contribution in [3.63, 3.8) is 0 Å². The lowest BCUT2D eigenvalue weighted by Gasteiger charge is -2.37. The van der Waals surface area contributed by atoms with E-state index in [1.165, 1.54) is 17.9 Å². The fourth-order valence-electron chi connectivity index (χ4n) is 5.07. The van der Waals surface area contributed by atoms with Crippen LogP contribution in [0, 0.1) is 11.7 Å². The smallest absolute Gasteiger partial charge is 0.329 e. The van der Waals surface area contributed by atoms with E-state index in [0.717, 1.165) is 24.2 Å². The number of hydrogen-bond donors (Lipinski definition) is 2. The van der Waals surface area contributed by atoms with Gasteiger partial charge in [-0.15, -0.1) is 0 Å². The molecule has 4 rings (SSSR count). The number of Topliss-reactive ketones (excluding diaryl/α,β-unsaturated/α-hetero) is 1. The van der Waals surface area contributed by atoms with E-state index in [4.69, 9.17) is 0 Å². The van der Waals surface area contributed by atoms with Crippen molar-refractivity contribution in [3.05, 3.63) is 29.6 Å². The van der Waals surface area contributed by atoms with Crippen molar-refractivity contribution in [2.45, 2.75) is 45.1 Å². The zero-order valence-corrected chi connectivity index (χ0v) is 17.7. The molecule has 2 N–H and O–H groups in total. The summed E-state index contributed by atoms with van der Waals surface area (Å²) >= 11 is 0. The average Bonchev–Trinajstić information content (AvgIpc) is 2.96. The minimum Gasteiger partial charge on any atom is -0.358 e. The predicted molar refractivity (Wildman–Crippen MR) is 110 cm³/mol. The molecule has 0 aromatic heterocycles. The number of piperazine rings is 1. The monoisotopic (exact) mass is 417 g/mol. The van der Waals surface area contributed by atoms with E-state index in [9.17, 15) is 18.8 Å². The third kappa shape index (κ3) is 3.57. The number of urea groups is 1. The van der Waals surface area contributed by atoms with Crippen LogP contribution in [-0.4, -0.2) is 61.0 Å². The van der Waals surface area contributed by atoms with Crippen molar-refractivity contribution in [3.8, 4) is 0 Å². The fourth-order valence-corrected chi connectivity index (χ4v) is 5.07. The number of ketones is 1. The summed E-state index contributed by atoms with van der Waals surface area (Å²) in [6, 6.07) is 4.31. The number of nitrogens with zero attached hydrogens (tertiary/aromatic N) is 2. The Bertz CT molecular complexity index is 868. The summed E-state index contributed by atoms with van der Waals surface area (Å²) in [7, 11) is 0. The molecule has 1 aliphatic carbocycles. The molecule has 162 valence electrons. The fraction of sp³-hybridized carbons (Fsp3) is 0.591. The van der Waals surface area contributed by atoms with E-state index in [1.807, 2.05) is 4.90 Å². The van der Waals surface area contributed by atoms with Gasteiger partial charge in [0.05, 0.1) is 31.9 Å². The van der Waals surface area contributed by atoms with Gasteiger partial charge >= 0.3 is 6.03 Å². The highest BCUT2D eigenvalue weighted by Crippen LogP contribution is 2.37. The lowest BCUT2D eigenvalue weighted by atomic mass is 9.73. The van der Waals surface area contributed by atoms with E-state index in [-0.39, 0.29) is 23.6 Å². The molecule has 2 saturated heterocycles. The van der Waals surface area contributed by atoms with Crippen LogP contribution in [0.5, 0.6) is 0 Å². The van der Waals surface area contributed by atoms with Crippen LogP contribution in [-0.2, 0) is 4.79 Å². The summed E-state index contributed by atoms with van der Waals surface area (Å²) in [4.78, 5) is 41.6. The molecule has 1 saturated carbocycles. The summed E-state index contributed by atoms with van der Waals surface area (Å²) in [5.74, 6) is -0.484. The number of carbonyl (C=O) groups is 3. The Hall–Kier alpha value is -2.48. The molecule has 3 fully saturated rings. The second-order valence-electron chi connectivity index (χ2n) is 8.90. The first kappa shape index (κ1) is 20.8. The Kier molecular flexibility index (Phi) is 5.53. The number of quaternary nitrogens is 1. The molecule has 3 amide bonds. The van der Waals surface area contributed by atoms with Gasteiger partial charge in [-0.05, 0) is 43.9 Å². The number of carbonyl (C=O) groups excluding carboxylic acids is 3. The van der Waals surface area contributed by atoms with Gasteiger partial charge in [-0.25, -0.2) is 14.1 Å². The van der Waals surface area contributed by atoms with Crippen LogP contribution >= 0.6 is 0 Å². The van der Waals surface area contributed by atoms with Crippen LogP contribution in [0.4, 0.5) is 14.9 Å². The number of imide groups is 1. The highest BCUT2D eigenvalue weighted by molar-refractivity contribution is 6.07. The van der Waals surface area contributed by atoms with Gasteiger partial charge in [0, 0.05) is 5.56 Å². The molecule has 1 spiro atoms. The van der Waals surface area contributed by atoms with E-state index in [0.29, 0.717) is 50.5 Å². The SMILES string of the molecule is CC(=O)c1ccc(N2CC[NH+](CN3C(=O)N[C@]4(CCCC[C@@H]4C)C3=O)CC2)c(F)c1. The van der Waals surface area contributed by atoms with Crippen molar-refractivity contribution >= 4 is 23.4 Å². The van der Waals surface area contributed by atoms with Crippen LogP contribution in [0.2, 0.25) is 0 Å². The lowest BCUT2D eigenvalue weighted by molar-refractivity contribution is -0.907. The molecule has 3 aliphatic rings. The Morgan fingerprint density at radius 1 is 1.27 bits per heavy atom. The second kappa shape index (κ2) is 7.98. The molecule has 1 aromatic carbocycles. The van der Waals surface area contributed by atoms with Crippen molar-refractivity contribution in [1.82, 2.24) is 10.2 Å². The quantitative estimate of drug-likeness (QED) is 0.570. The average molecular weight is 418 g/mol. The van der Waals surface area contributed by atoms with E-state index < -0.39 is 11.4 Å². The lowest BCUT2D eigenvalue weighted by Crippen LogP contribution is -3.16. The topological polar surface area (TPSA) is 74.2 Å². The van der Waals surface area contributed by atoms with Gasteiger partial charge in [-0.1, -0.05) is 19.8 Å². The van der Waals surface area contributed by atoms with Gasteiger partial charge in [-0.3, -0.25) is 9.59 Å². The molecule has 30 heavy (non-hydrogen) atoms. The standard InChI is InChI=1S/C22H29FN4O3/c1-15-5-3-4-8-22(15)20(29)27(21(30)24-22)14-25-9-11-26(12-10-25)19-7-6-17(16(2)28)13-18(19)23/h6-7,13,15H,3-5,8-12,14H2,1-2H3,(H,24,30)/p+1/t15-,22-/m0/s1. The van der Waals surface area contributed by atoms with Crippen LogP contribution in [0.1, 0.15) is 49.9 Å². The third-order valence-electron chi connectivity index (χ3n) is 7.05. The molecule has 0 unspecified atom stereocenters. The first-order chi connectivity index (χ1) is 14.3. The van der Waals surface area contributed by atoms with Gasteiger partial charge < -0.3 is 15.1 Å². The summed E-state index contributed by atoms with van der Waals surface area (Å²) in [6.45, 7) is 6.47. The Balaban J connectivity index is 1.38. The van der Waals surface area contributed by atoms with Gasteiger partial charge in [-0.2, -0.15) is 0 Å². The molecule has 0 radical (unpaired) electrons. The number of rotatable bonds is 4. The van der Waals surface area contributed by atoms with Gasteiger partial charge in [0.25, 0.3) is 5.91 Å². The van der Waals surface area contributed by atoms with Crippen molar-refractivity contribution in [2.24, 2.45) is 5.92 Å². The van der Waals surface area contributed by atoms with Crippen molar-refractivity contribution in [1.29, 1.82) is 0 Å². The zero-order chi connectivity index (χ0) is 21.5. The first-order valence-corrected chi connectivity index (χ1v) is 10.8. The molecule has 2 atom stereocenters. The maximum absolute atomic E-state index is 14.5. The second-order valence-corrected chi connectivity index (χ2v) is 8.90. The molecular formula is C22H30FN4O3+. The molecule has 2 heterocycles. The molecule has 7 nitrogen and oxygen atoms in total. The van der Waals surface area contributed by atoms with Crippen LogP contribution < -0.4 is 15.1 Å². The number of benzene rings is 1. The maximum atomic E-state index is 14.5. The normalized spacial score (nSPS) is 27.6. The number of hydrogen-bond acceptors (Lipinski definition) is 4. The van der Waals surface area contributed by atoms with Gasteiger partial charge in [0.1, 0.15) is 11.4 Å². The first-order valence-electron chi connectivity index (χ1n) is 10.8. The van der Waals surface area contributed by atoms with E-state index >= 15 is 0 Å². The third-order valence-corrected chi connectivity index (χ3v) is 7.05. The summed E-state index contributed by atoms with van der Waals surface area (Å²) in [6.07, 6.45) is 3.74. The van der Waals surface area contributed by atoms with E-state index in [1.54, 1.807) is 12.1 Å². The molecule has 8 heteroatoms. The zero-order valence-electron chi connectivity index (χ0n) is 17.7. The Morgan fingerprint density at radius 3 is 2.63 bits per heavy atom. The molecule has 1 aromatic rings. The number of halogens is 1. The molecule has 2 aliphatic heterocycles. The summed E-state index contributed by atoms with van der Waals surface area (Å²) in [5, 5.41) is 3.00. The van der Waals surface area contributed by atoms with Gasteiger partial charge in [0.15, 0.2) is 12.5 Å². The van der Waals surface area contributed by atoms with E-state index in [2.05, 4.69) is 12.2 Å². The summed E-state index contributed by atoms with van der Waals surface area (Å²) < 4.78 is 14.5. The number of amides is 3. The van der Waals surface area contributed by atoms with Crippen LogP contribution in [0.25, 0.3) is 0 Å². The summed E-state index contributed by atoms with van der Waals surface area (Å²) in [5.41, 5.74) is 0.131.